The summed E-state index contributed by atoms with van der Waals surface area (Å²) in [6, 6.07) is 5.68. The highest BCUT2D eigenvalue weighted by molar-refractivity contribution is 6.50. The number of nitrogens with two attached hydrogens (primary N) is 1. The van der Waals surface area contributed by atoms with Gasteiger partial charge in [0.15, 0.2) is 0 Å². The lowest BCUT2D eigenvalue weighted by atomic mass is 10.00. The van der Waals surface area contributed by atoms with E-state index >= 15 is 0 Å². The van der Waals surface area contributed by atoms with Gasteiger partial charge >= 0.3 is 0 Å². The van der Waals surface area contributed by atoms with Crippen LogP contribution in [-0.2, 0) is 11.2 Å². The van der Waals surface area contributed by atoms with E-state index in [1.165, 1.54) is 0 Å². The topological polar surface area (TPSA) is 46.3 Å². The molecule has 5 heteroatoms. The van der Waals surface area contributed by atoms with Gasteiger partial charge in [-0.05, 0) is 36.6 Å². The molecule has 1 aliphatic heterocycles. The van der Waals surface area contributed by atoms with Gasteiger partial charge in [0.2, 0.25) is 5.91 Å². The maximum atomic E-state index is 12.0. The van der Waals surface area contributed by atoms with Crippen LogP contribution in [0.25, 0.3) is 0 Å². The molecule has 1 saturated carbocycles. The minimum atomic E-state index is -0.647. The smallest absolute Gasteiger partial charge is 0.227 e. The zero-order valence-electron chi connectivity index (χ0n) is 9.83. The number of fused-ring (bicyclic) bond motifs is 1. The molecule has 3 rings (SSSR count). The van der Waals surface area contributed by atoms with Crippen molar-refractivity contribution in [1.82, 2.24) is 0 Å². The lowest BCUT2D eigenvalue weighted by molar-refractivity contribution is -0.118. The number of alkyl halides is 2. The fourth-order valence-electron chi connectivity index (χ4n) is 2.47. The number of carbonyl (C=O) groups excluding carboxylic acids is 1. The number of hydrogen-bond acceptors (Lipinski definition) is 2. The largest absolute Gasteiger partial charge is 0.399 e. The third-order valence-electron chi connectivity index (χ3n) is 3.66. The number of nitrogen functional groups attached to an aromatic ring is 1. The van der Waals surface area contributed by atoms with Gasteiger partial charge in [-0.3, -0.25) is 4.79 Å². The van der Waals surface area contributed by atoms with Gasteiger partial charge in [-0.2, -0.15) is 0 Å². The molecule has 1 aromatic carbocycles. The minimum absolute atomic E-state index is 0.142. The van der Waals surface area contributed by atoms with Gasteiger partial charge in [-0.1, -0.05) is 0 Å². The predicted octanol–water partition coefficient (Wildman–Crippen LogP) is 2.74. The van der Waals surface area contributed by atoms with Crippen molar-refractivity contribution < 1.29 is 4.79 Å². The van der Waals surface area contributed by atoms with E-state index in [0.717, 1.165) is 29.8 Å². The number of carbonyl (C=O) groups is 1. The quantitative estimate of drug-likeness (QED) is 0.671. The number of anilines is 2. The van der Waals surface area contributed by atoms with E-state index in [2.05, 4.69) is 0 Å². The van der Waals surface area contributed by atoms with E-state index in [9.17, 15) is 4.79 Å². The van der Waals surface area contributed by atoms with Crippen LogP contribution >= 0.6 is 23.2 Å². The Balaban J connectivity index is 1.88. The molecule has 1 unspecified atom stereocenters. The minimum Gasteiger partial charge on any atom is -0.399 e. The summed E-state index contributed by atoms with van der Waals surface area (Å²) in [5.41, 5.74) is 8.59. The second-order valence-corrected chi connectivity index (χ2v) is 6.60. The van der Waals surface area contributed by atoms with Crippen LogP contribution in [-0.4, -0.2) is 16.8 Å². The van der Waals surface area contributed by atoms with Crippen LogP contribution in [0.1, 0.15) is 18.4 Å². The molecule has 3 nitrogen and oxygen atoms in total. The predicted molar refractivity (Wildman–Crippen MR) is 74.1 cm³/mol. The van der Waals surface area contributed by atoms with Crippen molar-refractivity contribution in [2.45, 2.75) is 23.6 Å². The molecule has 0 radical (unpaired) electrons. The van der Waals surface area contributed by atoms with E-state index in [-0.39, 0.29) is 11.8 Å². The number of amides is 1. The van der Waals surface area contributed by atoms with Gasteiger partial charge < -0.3 is 10.6 Å². The van der Waals surface area contributed by atoms with E-state index in [4.69, 9.17) is 28.9 Å². The van der Waals surface area contributed by atoms with Crippen LogP contribution in [0.5, 0.6) is 0 Å². The summed E-state index contributed by atoms with van der Waals surface area (Å²) < 4.78 is -0.647. The number of hydrogen-bond donors (Lipinski definition) is 1. The molecule has 96 valence electrons. The van der Waals surface area contributed by atoms with Gasteiger partial charge in [-0.15, -0.1) is 23.2 Å². The molecular weight excluding hydrogens is 271 g/mol. The third-order valence-corrected chi connectivity index (χ3v) is 4.59. The fraction of sp³-hybridized carbons (Fsp3) is 0.462. The summed E-state index contributed by atoms with van der Waals surface area (Å²) in [5, 5.41) is 0. The highest BCUT2D eigenvalue weighted by Crippen LogP contribution is 2.53. The highest BCUT2D eigenvalue weighted by atomic mass is 35.5. The number of rotatable bonds is 2. The zero-order valence-corrected chi connectivity index (χ0v) is 11.3. The Morgan fingerprint density at radius 1 is 1.39 bits per heavy atom. The molecule has 2 N–H and O–H groups in total. The number of benzene rings is 1. The van der Waals surface area contributed by atoms with Gasteiger partial charge in [0.05, 0.1) is 0 Å². The monoisotopic (exact) mass is 284 g/mol. The second kappa shape index (κ2) is 4.04. The first-order valence-corrected chi connectivity index (χ1v) is 6.79. The average Bonchev–Trinajstić information content (AvgIpc) is 2.90. The summed E-state index contributed by atoms with van der Waals surface area (Å²) in [5.74, 6) is 0.316. The summed E-state index contributed by atoms with van der Waals surface area (Å²) in [4.78, 5) is 13.8. The Bertz CT molecular complexity index is 516. The van der Waals surface area contributed by atoms with Gasteiger partial charge in [0.1, 0.15) is 4.33 Å². The van der Waals surface area contributed by atoms with Crippen LogP contribution in [0.2, 0.25) is 0 Å². The Labute approximate surface area is 116 Å². The van der Waals surface area contributed by atoms with Crippen molar-refractivity contribution in [2.75, 3.05) is 17.2 Å². The van der Waals surface area contributed by atoms with E-state index < -0.39 is 4.33 Å². The van der Waals surface area contributed by atoms with Crippen molar-refractivity contribution >= 4 is 40.5 Å². The number of halogens is 2. The van der Waals surface area contributed by atoms with E-state index in [1.54, 1.807) is 4.90 Å². The molecule has 0 aromatic heterocycles. The first-order valence-electron chi connectivity index (χ1n) is 6.04. The molecule has 2 aliphatic rings. The van der Waals surface area contributed by atoms with Gasteiger partial charge in [-0.25, -0.2) is 0 Å². The van der Waals surface area contributed by atoms with Crippen LogP contribution in [0.4, 0.5) is 11.4 Å². The molecule has 1 aliphatic carbocycles. The molecule has 1 amide bonds. The third kappa shape index (κ3) is 2.06. The lowest BCUT2D eigenvalue weighted by Gasteiger charge is -2.30. The fourth-order valence-corrected chi connectivity index (χ4v) is 2.98. The maximum absolute atomic E-state index is 12.0. The molecule has 1 fully saturated rings. The van der Waals surface area contributed by atoms with E-state index in [1.807, 2.05) is 18.2 Å². The number of nitrogens with zero attached hydrogens (tertiary/aromatic N) is 1. The van der Waals surface area contributed by atoms with Crippen LogP contribution in [0.15, 0.2) is 18.2 Å². The van der Waals surface area contributed by atoms with Crippen molar-refractivity contribution in [3.63, 3.8) is 0 Å². The Hall–Kier alpha value is -0.930. The van der Waals surface area contributed by atoms with Gasteiger partial charge in [0, 0.05) is 30.3 Å². The van der Waals surface area contributed by atoms with Gasteiger partial charge in [0.25, 0.3) is 0 Å². The highest BCUT2D eigenvalue weighted by Gasteiger charge is 2.52. The van der Waals surface area contributed by atoms with Crippen molar-refractivity contribution in [2.24, 2.45) is 5.92 Å². The maximum Gasteiger partial charge on any atom is 0.227 e. The first-order chi connectivity index (χ1) is 8.47. The molecule has 1 heterocycles. The standard InChI is InChI=1S/C13H14Cl2N2O/c14-13(15)6-9(13)7-17-11-3-2-10(16)5-8(11)1-4-12(17)18/h2-3,5,9H,1,4,6-7,16H2. The molecule has 0 spiro atoms. The normalized spacial score (nSPS) is 24.9. The molecule has 0 bridgehead atoms. The van der Waals surface area contributed by atoms with Crippen LogP contribution < -0.4 is 10.6 Å². The summed E-state index contributed by atoms with van der Waals surface area (Å²) in [6.07, 6.45) is 2.04. The molecule has 1 atom stereocenters. The second-order valence-electron chi connectivity index (χ2n) is 5.05. The molecule has 0 saturated heterocycles. The van der Waals surface area contributed by atoms with Crippen LogP contribution in [0, 0.1) is 5.92 Å². The number of aryl methyl sites for hydroxylation is 1. The van der Waals surface area contributed by atoms with Crippen molar-refractivity contribution in [1.29, 1.82) is 0 Å². The van der Waals surface area contributed by atoms with Crippen molar-refractivity contribution in [3.8, 4) is 0 Å². The summed E-state index contributed by atoms with van der Waals surface area (Å²) in [7, 11) is 0. The van der Waals surface area contributed by atoms with Crippen molar-refractivity contribution in [3.05, 3.63) is 23.8 Å². The lowest BCUT2D eigenvalue weighted by Crippen LogP contribution is -2.37. The van der Waals surface area contributed by atoms with E-state index in [0.29, 0.717) is 13.0 Å². The molecule has 1 aromatic rings. The average molecular weight is 285 g/mol. The first kappa shape index (κ1) is 12.1. The molecule has 18 heavy (non-hydrogen) atoms. The summed E-state index contributed by atoms with van der Waals surface area (Å²) in [6.45, 7) is 0.600. The Morgan fingerprint density at radius 3 is 2.78 bits per heavy atom. The Morgan fingerprint density at radius 2 is 2.11 bits per heavy atom. The zero-order chi connectivity index (χ0) is 12.9. The molecular formula is C13H14Cl2N2O. The Kier molecular flexibility index (Phi) is 2.72. The SMILES string of the molecule is Nc1ccc2c(c1)CCC(=O)N2CC1CC1(Cl)Cl. The summed E-state index contributed by atoms with van der Waals surface area (Å²) >= 11 is 12.1. The van der Waals surface area contributed by atoms with Crippen LogP contribution in [0.3, 0.4) is 0 Å².